The molecule has 4 N–H and O–H groups in total. The number of nitrogens with zero attached hydrogens (tertiary/aromatic N) is 2. The number of esters is 1. The summed E-state index contributed by atoms with van der Waals surface area (Å²) in [7, 11) is 0. The van der Waals surface area contributed by atoms with Crippen molar-refractivity contribution in [1.82, 2.24) is 5.43 Å². The van der Waals surface area contributed by atoms with Crippen molar-refractivity contribution >= 4 is 35.4 Å². The van der Waals surface area contributed by atoms with E-state index in [1.165, 1.54) is 12.1 Å². The second-order valence-electron chi connectivity index (χ2n) is 13.1. The Kier molecular flexibility index (Phi) is 7.03. The fourth-order valence-corrected chi connectivity index (χ4v) is 9.69. The van der Waals surface area contributed by atoms with Crippen molar-refractivity contribution in [2.45, 2.75) is 82.0 Å². The number of aliphatic hydroxyl groups excluding tert-OH is 1. The number of nitrogens with one attached hydrogen (secondary N) is 1. The number of hydrogen-bond donors (Lipinski definition) is 4. The predicted molar refractivity (Wildman–Crippen MR) is 152 cm³/mol. The molecule has 42 heavy (non-hydrogen) atoms. The van der Waals surface area contributed by atoms with Crippen LogP contribution in [0.25, 0.3) is 0 Å². The van der Waals surface area contributed by atoms with Crippen LogP contribution in [-0.4, -0.2) is 62.2 Å². The van der Waals surface area contributed by atoms with Crippen LogP contribution in [0.15, 0.2) is 34.9 Å². The van der Waals surface area contributed by atoms with Crippen molar-refractivity contribution in [3.63, 3.8) is 0 Å². The lowest BCUT2D eigenvalue weighted by molar-refractivity contribution is -0.384. The van der Waals surface area contributed by atoms with Crippen LogP contribution < -0.4 is 5.43 Å². The fourth-order valence-electron chi connectivity index (χ4n) is 9.43. The van der Waals surface area contributed by atoms with E-state index >= 15 is 0 Å². The van der Waals surface area contributed by atoms with Gasteiger partial charge in [-0.25, -0.2) is 10.2 Å². The molecule has 1 aromatic rings. The summed E-state index contributed by atoms with van der Waals surface area (Å²) in [6.45, 7) is 2.38. The maximum absolute atomic E-state index is 12.9. The molecule has 1 aliphatic heterocycles. The SMILES string of the molecule is C[C@]12CC[C@H]3[C@@H](CC[C@]4(O)C[C@H](O)CC[C@]34/C=N\NC(=O)c3ccc([N+](=O)[O-])cc3Cl)[C@@]1(O)CC[C@H]2C1=CC(=O)OC1. The molecule has 8 atom stereocenters. The molecule has 0 unspecified atom stereocenters. The molecule has 1 amide bonds. The molecule has 1 heterocycles. The van der Waals surface area contributed by atoms with Gasteiger partial charge in [0.1, 0.15) is 6.61 Å². The number of halogens is 1. The number of nitro benzene ring substituents is 1. The zero-order valence-electron chi connectivity index (χ0n) is 23.4. The predicted octanol–water partition coefficient (Wildman–Crippen LogP) is 3.68. The van der Waals surface area contributed by atoms with Crippen LogP contribution in [0, 0.1) is 38.7 Å². The second-order valence-corrected chi connectivity index (χ2v) is 13.5. The smallest absolute Gasteiger partial charge is 0.331 e. The van der Waals surface area contributed by atoms with Crippen molar-refractivity contribution in [3.05, 3.63) is 50.5 Å². The van der Waals surface area contributed by atoms with Crippen molar-refractivity contribution in [2.75, 3.05) is 6.61 Å². The van der Waals surface area contributed by atoms with Crippen LogP contribution in [0.4, 0.5) is 5.69 Å². The van der Waals surface area contributed by atoms with Crippen LogP contribution in [0.3, 0.4) is 0 Å². The standard InChI is InChI=1S/C30H36ClN3O8/c1-27-8-5-22-23(30(27,39)11-7-21(27)17-12-25(36)42-15-17)6-10-29(38)14-19(35)4-9-28(22,29)16-32-33-26(37)20-3-2-18(34(40)41)13-24(20)31/h2-3,12-13,16,19,21-23,35,38-39H,4-11,14-15H2,1H3,(H,33,37)/b32-16-/t19-,21+,22+,23-,27-,28+,29+,30+/m1/s1. The number of aliphatic hydroxyl groups is 3. The van der Waals surface area contributed by atoms with Gasteiger partial charge in [-0.15, -0.1) is 0 Å². The number of amides is 1. The van der Waals surface area contributed by atoms with Crippen LogP contribution in [0.5, 0.6) is 0 Å². The normalized spacial score (nSPS) is 41.0. The molecule has 226 valence electrons. The number of non-ortho nitro benzene ring substituents is 1. The summed E-state index contributed by atoms with van der Waals surface area (Å²) >= 11 is 6.14. The minimum absolute atomic E-state index is 0.0242. The third-order valence-electron chi connectivity index (χ3n) is 11.5. The van der Waals surface area contributed by atoms with E-state index in [4.69, 9.17) is 16.3 Å². The lowest BCUT2D eigenvalue weighted by Crippen LogP contribution is -2.68. The summed E-state index contributed by atoms with van der Waals surface area (Å²) < 4.78 is 5.21. The van der Waals surface area contributed by atoms with Gasteiger partial charge in [0.05, 0.1) is 32.8 Å². The summed E-state index contributed by atoms with van der Waals surface area (Å²) in [6.07, 6.45) is 7.23. The highest BCUT2D eigenvalue weighted by molar-refractivity contribution is 6.34. The number of cyclic esters (lactones) is 1. The van der Waals surface area contributed by atoms with Gasteiger partial charge in [-0.2, -0.15) is 5.10 Å². The molecule has 4 aliphatic carbocycles. The van der Waals surface area contributed by atoms with E-state index in [0.29, 0.717) is 44.9 Å². The van der Waals surface area contributed by atoms with Crippen molar-refractivity contribution in [1.29, 1.82) is 0 Å². The Bertz CT molecular complexity index is 1400. The highest BCUT2D eigenvalue weighted by Gasteiger charge is 2.71. The number of carbonyl (C=O) groups is 2. The van der Waals surface area contributed by atoms with E-state index in [1.54, 1.807) is 12.3 Å². The van der Waals surface area contributed by atoms with E-state index < -0.39 is 39.0 Å². The van der Waals surface area contributed by atoms with Gasteiger partial charge in [0.15, 0.2) is 0 Å². The van der Waals surface area contributed by atoms with Gasteiger partial charge in [0.25, 0.3) is 11.6 Å². The first-order valence-electron chi connectivity index (χ1n) is 14.6. The molecule has 6 rings (SSSR count). The first-order chi connectivity index (χ1) is 19.8. The molecular weight excluding hydrogens is 566 g/mol. The maximum Gasteiger partial charge on any atom is 0.331 e. The summed E-state index contributed by atoms with van der Waals surface area (Å²) in [4.78, 5) is 35.2. The van der Waals surface area contributed by atoms with E-state index in [9.17, 15) is 35.0 Å². The number of carbonyl (C=O) groups excluding carboxylic acids is 2. The first kappa shape index (κ1) is 29.2. The van der Waals surface area contributed by atoms with Crippen molar-refractivity contribution in [3.8, 4) is 0 Å². The van der Waals surface area contributed by atoms with Gasteiger partial charge in [-0.3, -0.25) is 14.9 Å². The minimum Gasteiger partial charge on any atom is -0.458 e. The molecule has 0 bridgehead atoms. The van der Waals surface area contributed by atoms with Crippen LogP contribution in [0.1, 0.15) is 75.1 Å². The molecule has 1 aromatic carbocycles. The zero-order chi connectivity index (χ0) is 30.1. The molecule has 12 heteroatoms. The Hall–Kier alpha value is -2.86. The quantitative estimate of drug-likeness (QED) is 0.171. The van der Waals surface area contributed by atoms with E-state index in [1.807, 2.05) is 0 Å². The van der Waals surface area contributed by atoms with Gasteiger partial charge >= 0.3 is 5.97 Å². The van der Waals surface area contributed by atoms with Gasteiger partial charge in [-0.05, 0) is 80.8 Å². The van der Waals surface area contributed by atoms with E-state index in [-0.39, 0.29) is 53.0 Å². The van der Waals surface area contributed by atoms with Gasteiger partial charge in [-0.1, -0.05) is 18.5 Å². The monoisotopic (exact) mass is 601 g/mol. The lowest BCUT2D eigenvalue weighted by Gasteiger charge is -2.65. The van der Waals surface area contributed by atoms with E-state index in [0.717, 1.165) is 18.1 Å². The van der Waals surface area contributed by atoms with Gasteiger partial charge < -0.3 is 20.1 Å². The van der Waals surface area contributed by atoms with Crippen LogP contribution >= 0.6 is 11.6 Å². The Morgan fingerprint density at radius 1 is 1.17 bits per heavy atom. The zero-order valence-corrected chi connectivity index (χ0v) is 24.2. The highest BCUT2D eigenvalue weighted by Crippen LogP contribution is 2.70. The van der Waals surface area contributed by atoms with Crippen LogP contribution in [0.2, 0.25) is 5.02 Å². The Labute approximate surface area is 248 Å². The molecule has 0 radical (unpaired) electrons. The molecule has 11 nitrogen and oxygen atoms in total. The largest absolute Gasteiger partial charge is 0.458 e. The Morgan fingerprint density at radius 2 is 1.93 bits per heavy atom. The minimum atomic E-state index is -1.28. The molecule has 0 aromatic heterocycles. The molecule has 4 fully saturated rings. The number of hydrogen-bond acceptors (Lipinski definition) is 9. The number of hydrazone groups is 1. The number of nitro groups is 1. The average molecular weight is 602 g/mol. The topological polar surface area (TPSA) is 172 Å². The Morgan fingerprint density at radius 3 is 2.62 bits per heavy atom. The summed E-state index contributed by atoms with van der Waals surface area (Å²) in [5.74, 6) is -1.27. The summed E-state index contributed by atoms with van der Waals surface area (Å²) in [6, 6.07) is 3.55. The highest BCUT2D eigenvalue weighted by atomic mass is 35.5. The number of rotatable bonds is 5. The van der Waals surface area contributed by atoms with Gasteiger partial charge in [0.2, 0.25) is 0 Å². The lowest BCUT2D eigenvalue weighted by atomic mass is 9.41. The third-order valence-corrected chi connectivity index (χ3v) is 11.8. The maximum atomic E-state index is 12.9. The number of ether oxygens (including phenoxy) is 1. The van der Waals surface area contributed by atoms with Crippen molar-refractivity contribution < 1.29 is 34.6 Å². The van der Waals surface area contributed by atoms with Crippen LogP contribution in [-0.2, 0) is 9.53 Å². The molecule has 0 spiro atoms. The average Bonchev–Trinajstić information content (AvgIpc) is 3.48. The second kappa shape index (κ2) is 10.1. The summed E-state index contributed by atoms with van der Waals surface area (Å²) in [5.41, 5.74) is -0.454. The molecule has 4 saturated carbocycles. The molecule has 5 aliphatic rings. The Balaban J connectivity index is 1.30. The summed E-state index contributed by atoms with van der Waals surface area (Å²) in [5, 5.41) is 50.4. The number of fused-ring (bicyclic) bond motifs is 5. The van der Waals surface area contributed by atoms with Gasteiger partial charge in [0, 0.05) is 41.7 Å². The fraction of sp³-hybridized carbons (Fsp3) is 0.633. The molecule has 0 saturated heterocycles. The number of benzene rings is 1. The van der Waals surface area contributed by atoms with E-state index in [2.05, 4.69) is 17.5 Å². The third kappa shape index (κ3) is 4.23. The molecular formula is C30H36ClN3O8. The van der Waals surface area contributed by atoms with Crippen molar-refractivity contribution in [2.24, 2.45) is 33.7 Å². The first-order valence-corrected chi connectivity index (χ1v) is 15.0.